The fourth-order valence-corrected chi connectivity index (χ4v) is 3.02. The van der Waals surface area contributed by atoms with Gasteiger partial charge in [0, 0.05) is 11.6 Å². The van der Waals surface area contributed by atoms with E-state index in [0.29, 0.717) is 22.7 Å². The molecule has 0 aromatic heterocycles. The molecule has 1 amide bonds. The number of fused-ring (bicyclic) bond motifs is 1. The highest BCUT2D eigenvalue weighted by Gasteiger charge is 2.20. The van der Waals surface area contributed by atoms with E-state index in [9.17, 15) is 15.2 Å². The van der Waals surface area contributed by atoms with Crippen LogP contribution >= 0.6 is 0 Å². The minimum Gasteiger partial charge on any atom is -0.612 e. The summed E-state index contributed by atoms with van der Waals surface area (Å²) in [6.07, 6.45) is 7.96. The van der Waals surface area contributed by atoms with Crippen molar-refractivity contribution in [2.24, 2.45) is 0 Å². The highest BCUT2D eigenvalue weighted by atomic mass is 16.8. The normalized spacial score (nSPS) is 15.5. The molecular weight excluding hydrogens is 368 g/mol. The second-order valence-corrected chi connectivity index (χ2v) is 6.36. The van der Waals surface area contributed by atoms with Gasteiger partial charge in [-0.25, -0.2) is 0 Å². The first-order chi connectivity index (χ1) is 14.1. The van der Waals surface area contributed by atoms with E-state index in [1.54, 1.807) is 48.6 Å². The lowest BCUT2D eigenvalue weighted by Gasteiger charge is -2.14. The molecule has 0 spiro atoms. The van der Waals surface area contributed by atoms with Gasteiger partial charge in [-0.05, 0) is 36.4 Å². The monoisotopic (exact) mass is 385 g/mol. The summed E-state index contributed by atoms with van der Waals surface area (Å²) < 4.78 is 0. The van der Waals surface area contributed by atoms with Gasteiger partial charge in [0.25, 0.3) is 5.91 Å². The number of hydrogen-bond donors (Lipinski definition) is 3. The fraction of sp³-hybridized carbons (Fsp3) is 0. The van der Waals surface area contributed by atoms with Crippen LogP contribution in [0.25, 0.3) is 0 Å². The number of nitrogens with zero attached hydrogens (tertiary/aromatic N) is 1. The SMILES string of the molecule is O=C(NC(C=C1C=CC=CC1=[N+]([O-])[O-])=C1Nc2ccccc2N1)c1ccccc1. The smallest absolute Gasteiger partial charge is 0.255 e. The number of rotatable bonds is 3. The van der Waals surface area contributed by atoms with Crippen LogP contribution < -0.4 is 16.0 Å². The van der Waals surface area contributed by atoms with Crippen LogP contribution in [0.4, 0.5) is 11.4 Å². The first kappa shape index (κ1) is 18.1. The molecule has 0 saturated carbocycles. The third-order valence-electron chi connectivity index (χ3n) is 4.43. The maximum Gasteiger partial charge on any atom is 0.255 e. The van der Waals surface area contributed by atoms with E-state index < -0.39 is 4.90 Å². The minimum atomic E-state index is -0.447. The number of nitrogens with one attached hydrogen (secondary N) is 3. The van der Waals surface area contributed by atoms with Gasteiger partial charge >= 0.3 is 0 Å². The zero-order valence-corrected chi connectivity index (χ0v) is 15.3. The summed E-state index contributed by atoms with van der Waals surface area (Å²) >= 11 is 0. The molecule has 3 N–H and O–H groups in total. The van der Waals surface area contributed by atoms with Crippen molar-refractivity contribution in [3.63, 3.8) is 0 Å². The second kappa shape index (κ2) is 7.77. The summed E-state index contributed by atoms with van der Waals surface area (Å²) in [5.41, 5.74) is 2.92. The van der Waals surface area contributed by atoms with Crippen LogP contribution in [0.5, 0.6) is 0 Å². The average molecular weight is 385 g/mol. The Morgan fingerprint density at radius 3 is 2.17 bits per heavy atom. The Kier molecular flexibility index (Phi) is 4.86. The highest BCUT2D eigenvalue weighted by molar-refractivity contribution is 6.09. The van der Waals surface area contributed by atoms with Crippen molar-refractivity contribution in [2.75, 3.05) is 10.6 Å². The molecule has 0 atom stereocenters. The molecule has 0 unspecified atom stereocenters. The largest absolute Gasteiger partial charge is 0.612 e. The lowest BCUT2D eigenvalue weighted by molar-refractivity contribution is -0.377. The lowest BCUT2D eigenvalue weighted by Crippen LogP contribution is -2.26. The number of allylic oxidation sites excluding steroid dienone is 6. The molecule has 7 heteroatoms. The van der Waals surface area contributed by atoms with Crippen LogP contribution in [-0.4, -0.2) is 16.5 Å². The summed E-state index contributed by atoms with van der Waals surface area (Å²) in [5.74, 6) is 0.219. The molecule has 1 heterocycles. The van der Waals surface area contributed by atoms with Crippen molar-refractivity contribution in [3.8, 4) is 0 Å². The van der Waals surface area contributed by atoms with E-state index in [-0.39, 0.29) is 11.6 Å². The number of para-hydroxylation sites is 2. The molecule has 0 bridgehead atoms. The molecule has 2 aromatic carbocycles. The molecule has 2 aromatic rings. The lowest BCUT2D eigenvalue weighted by atomic mass is 10.0. The molecule has 0 saturated heterocycles. The zero-order chi connectivity index (χ0) is 20.2. The van der Waals surface area contributed by atoms with E-state index in [0.717, 1.165) is 11.4 Å². The molecule has 1 aliphatic carbocycles. The number of anilines is 2. The molecule has 0 radical (unpaired) electrons. The standard InChI is InChI=1S/C22H17N4O3/c27-22(15-8-2-1-3-9-15)25-19(14-16-10-4-7-13-20(16)26(28)29)21-23-17-11-5-6-12-18(17)24-21/h1-14,23-24H,(H-,25,27,28,29)/q-1. The number of hydrogen-bond acceptors (Lipinski definition) is 5. The van der Waals surface area contributed by atoms with Gasteiger partial charge in [-0.2, -0.15) is 4.90 Å². The minimum absolute atomic E-state index is 0.0462. The number of benzene rings is 2. The van der Waals surface area contributed by atoms with Crippen molar-refractivity contribution >= 4 is 23.0 Å². The number of carbonyl (C=O) groups is 1. The molecular formula is C22H17N4O3-. The van der Waals surface area contributed by atoms with Crippen LogP contribution in [0.2, 0.25) is 0 Å². The van der Waals surface area contributed by atoms with Gasteiger partial charge in [0.15, 0.2) is 0 Å². The summed E-state index contributed by atoms with van der Waals surface area (Å²) in [7, 11) is 0. The predicted octanol–water partition coefficient (Wildman–Crippen LogP) is 3.62. The summed E-state index contributed by atoms with van der Waals surface area (Å²) in [6.45, 7) is 0. The van der Waals surface area contributed by atoms with E-state index >= 15 is 0 Å². The molecule has 0 fully saturated rings. The fourth-order valence-electron chi connectivity index (χ4n) is 3.02. The van der Waals surface area contributed by atoms with Gasteiger partial charge < -0.3 is 26.4 Å². The van der Waals surface area contributed by atoms with Crippen LogP contribution in [0.15, 0.2) is 102 Å². The third-order valence-corrected chi connectivity index (χ3v) is 4.43. The topological polar surface area (TPSA) is 102 Å². The van der Waals surface area contributed by atoms with E-state index in [1.165, 1.54) is 6.08 Å². The average Bonchev–Trinajstić information content (AvgIpc) is 3.18. The molecule has 2 aliphatic rings. The Balaban J connectivity index is 1.75. The number of amides is 1. The van der Waals surface area contributed by atoms with Crippen molar-refractivity contribution in [1.82, 2.24) is 5.32 Å². The molecule has 144 valence electrons. The van der Waals surface area contributed by atoms with Crippen molar-refractivity contribution < 1.29 is 9.70 Å². The van der Waals surface area contributed by atoms with Gasteiger partial charge in [-0.1, -0.05) is 42.5 Å². The van der Waals surface area contributed by atoms with E-state index in [1.807, 2.05) is 30.3 Å². The van der Waals surface area contributed by atoms with Gasteiger partial charge in [0.2, 0.25) is 5.71 Å². The molecule has 7 nitrogen and oxygen atoms in total. The quantitative estimate of drug-likeness (QED) is 0.553. The van der Waals surface area contributed by atoms with Crippen LogP contribution in [0.3, 0.4) is 0 Å². The summed E-state index contributed by atoms with van der Waals surface area (Å²) in [5, 5.41) is 32.1. The van der Waals surface area contributed by atoms with Crippen LogP contribution in [-0.2, 0) is 0 Å². The van der Waals surface area contributed by atoms with Crippen LogP contribution in [0.1, 0.15) is 10.4 Å². The first-order valence-electron chi connectivity index (χ1n) is 8.94. The molecule has 29 heavy (non-hydrogen) atoms. The first-order valence-corrected chi connectivity index (χ1v) is 8.94. The Labute approximate surface area is 167 Å². The zero-order valence-electron chi connectivity index (χ0n) is 15.3. The van der Waals surface area contributed by atoms with Crippen molar-refractivity contribution in [3.05, 3.63) is 118 Å². The van der Waals surface area contributed by atoms with Crippen molar-refractivity contribution in [2.45, 2.75) is 0 Å². The summed E-state index contributed by atoms with van der Waals surface area (Å²) in [4.78, 5) is 12.3. The van der Waals surface area contributed by atoms with Gasteiger partial charge in [0.1, 0.15) is 5.82 Å². The Bertz CT molecular complexity index is 1080. The maximum absolute atomic E-state index is 12.7. The van der Waals surface area contributed by atoms with Crippen molar-refractivity contribution in [1.29, 1.82) is 0 Å². The van der Waals surface area contributed by atoms with Gasteiger partial charge in [-0.3, -0.25) is 4.79 Å². The van der Waals surface area contributed by atoms with Gasteiger partial charge in [-0.15, -0.1) is 0 Å². The molecule has 4 rings (SSSR count). The van der Waals surface area contributed by atoms with Crippen LogP contribution in [0, 0.1) is 10.4 Å². The Morgan fingerprint density at radius 2 is 1.52 bits per heavy atom. The molecule has 1 aliphatic heterocycles. The second-order valence-electron chi connectivity index (χ2n) is 6.36. The van der Waals surface area contributed by atoms with E-state index in [2.05, 4.69) is 16.0 Å². The highest BCUT2D eigenvalue weighted by Crippen LogP contribution is 2.31. The summed E-state index contributed by atoms with van der Waals surface area (Å²) in [6, 6.07) is 16.4. The third kappa shape index (κ3) is 3.89. The van der Waals surface area contributed by atoms with Gasteiger partial charge in [0.05, 0.1) is 22.6 Å². The predicted molar refractivity (Wildman–Crippen MR) is 113 cm³/mol. The Morgan fingerprint density at radius 1 is 0.897 bits per heavy atom. The Hall–Kier alpha value is -4.26. The van der Waals surface area contributed by atoms with E-state index in [4.69, 9.17) is 0 Å². The maximum atomic E-state index is 12.7. The number of carbonyl (C=O) groups excluding carboxylic acids is 1.